The van der Waals surface area contributed by atoms with Crippen LogP contribution in [0.1, 0.15) is 296 Å². The fraction of sp³-hybridized carbons (Fsp3) is 0.877. The summed E-state index contributed by atoms with van der Waals surface area (Å²) in [6.45, 7) is 4.20. The van der Waals surface area contributed by atoms with Crippen molar-refractivity contribution in [2.75, 3.05) is 6.61 Å². The van der Waals surface area contributed by atoms with Crippen LogP contribution in [0, 0.1) is 0 Å². The van der Waals surface area contributed by atoms with Gasteiger partial charge >= 0.3 is 0 Å². The molecule has 0 rings (SSSR count). The number of rotatable bonds is 51. The van der Waals surface area contributed by atoms with E-state index >= 15 is 0 Å². The van der Waals surface area contributed by atoms with Gasteiger partial charge in [0.15, 0.2) is 0 Å². The van der Waals surface area contributed by atoms with Crippen molar-refractivity contribution in [2.45, 2.75) is 315 Å². The summed E-state index contributed by atoms with van der Waals surface area (Å²) in [7, 11) is 0. The van der Waals surface area contributed by atoms with E-state index in [9.17, 15) is 20.1 Å². The first-order valence-corrected chi connectivity index (χ1v) is 27.8. The molecule has 0 saturated carbocycles. The van der Waals surface area contributed by atoms with E-state index in [2.05, 4.69) is 43.5 Å². The minimum atomic E-state index is -1.11. The summed E-state index contributed by atoms with van der Waals surface area (Å²) in [5.41, 5.74) is 0. The van der Waals surface area contributed by atoms with Gasteiger partial charge in [0, 0.05) is 0 Å². The van der Waals surface area contributed by atoms with Crippen LogP contribution in [0.15, 0.2) is 36.5 Å². The predicted octanol–water partition coefficient (Wildman–Crippen LogP) is 17.1. The lowest BCUT2D eigenvalue weighted by Gasteiger charge is -2.21. The summed E-state index contributed by atoms with van der Waals surface area (Å²) >= 11 is 0. The molecule has 0 heterocycles. The maximum Gasteiger partial charge on any atom is 0.249 e. The van der Waals surface area contributed by atoms with Crippen molar-refractivity contribution in [3.8, 4) is 0 Å². The van der Waals surface area contributed by atoms with E-state index in [1.165, 1.54) is 231 Å². The first kappa shape index (κ1) is 60.6. The summed E-state index contributed by atoms with van der Waals surface area (Å²) in [6, 6.07) is -0.820. The lowest BCUT2D eigenvalue weighted by atomic mass is 10.0. The fourth-order valence-electron chi connectivity index (χ4n) is 8.63. The Morgan fingerprint density at radius 2 is 0.661 bits per heavy atom. The Morgan fingerprint density at radius 1 is 0.387 bits per heavy atom. The van der Waals surface area contributed by atoms with Crippen LogP contribution >= 0.6 is 0 Å². The van der Waals surface area contributed by atoms with Crippen LogP contribution < -0.4 is 5.32 Å². The number of allylic oxidation sites excluding steroid dienone is 5. The summed E-state index contributed by atoms with van der Waals surface area (Å²) < 4.78 is 0. The molecule has 0 saturated heterocycles. The van der Waals surface area contributed by atoms with Crippen LogP contribution in [0.5, 0.6) is 0 Å². The zero-order valence-corrected chi connectivity index (χ0v) is 41.8. The highest BCUT2D eigenvalue weighted by Crippen LogP contribution is 2.17. The minimum absolute atomic E-state index is 0.379. The van der Waals surface area contributed by atoms with Crippen molar-refractivity contribution in [3.05, 3.63) is 36.5 Å². The largest absolute Gasteiger partial charge is 0.394 e. The molecule has 366 valence electrons. The Kier molecular flexibility index (Phi) is 51.0. The summed E-state index contributed by atoms with van der Waals surface area (Å²) in [5.74, 6) is -0.512. The van der Waals surface area contributed by atoms with Gasteiger partial charge in [-0.15, -0.1) is 0 Å². The molecule has 0 aliphatic rings. The van der Waals surface area contributed by atoms with Gasteiger partial charge in [0.2, 0.25) is 5.91 Å². The van der Waals surface area contributed by atoms with Crippen LogP contribution in [0.25, 0.3) is 0 Å². The van der Waals surface area contributed by atoms with Crippen LogP contribution in [-0.4, -0.2) is 46.1 Å². The number of nitrogens with one attached hydrogen (secondary N) is 1. The third kappa shape index (κ3) is 46.6. The van der Waals surface area contributed by atoms with Crippen molar-refractivity contribution >= 4 is 5.91 Å². The van der Waals surface area contributed by atoms with E-state index in [-0.39, 0.29) is 6.61 Å². The van der Waals surface area contributed by atoms with Crippen molar-refractivity contribution in [1.29, 1.82) is 0 Å². The molecule has 0 fully saturated rings. The summed E-state index contributed by atoms with van der Waals surface area (Å²) in [4.78, 5) is 12.5. The van der Waals surface area contributed by atoms with Crippen LogP contribution in [0.3, 0.4) is 0 Å². The lowest BCUT2D eigenvalue weighted by Crippen LogP contribution is -2.48. The SMILES string of the molecule is CCCCCCCCCCCCCCCC/C=C/CC/C=C/CC/C=C/C(O)C(CO)NC(=O)C(O)CCCCCCCCCCCCCCCCCCCCCCCCCC. The van der Waals surface area contributed by atoms with Crippen LogP contribution in [0.2, 0.25) is 0 Å². The second-order valence-electron chi connectivity index (χ2n) is 19.1. The van der Waals surface area contributed by atoms with Gasteiger partial charge in [0.1, 0.15) is 6.10 Å². The zero-order chi connectivity index (χ0) is 45.1. The van der Waals surface area contributed by atoms with Gasteiger partial charge in [-0.2, -0.15) is 0 Å². The van der Waals surface area contributed by atoms with Crippen molar-refractivity contribution in [1.82, 2.24) is 5.32 Å². The molecule has 0 aromatic rings. The molecular weight excluding hydrogens is 763 g/mol. The smallest absolute Gasteiger partial charge is 0.249 e. The first-order valence-electron chi connectivity index (χ1n) is 27.8. The molecule has 5 heteroatoms. The highest BCUT2D eigenvalue weighted by Gasteiger charge is 2.22. The predicted molar refractivity (Wildman–Crippen MR) is 273 cm³/mol. The average molecular weight is 873 g/mol. The molecule has 0 bridgehead atoms. The molecule has 0 spiro atoms. The van der Waals surface area contributed by atoms with E-state index in [1.807, 2.05) is 6.08 Å². The maximum atomic E-state index is 12.5. The topological polar surface area (TPSA) is 89.8 Å². The van der Waals surface area contributed by atoms with Gasteiger partial charge in [0.25, 0.3) is 0 Å². The maximum absolute atomic E-state index is 12.5. The average Bonchev–Trinajstić information content (AvgIpc) is 3.28. The van der Waals surface area contributed by atoms with Gasteiger partial charge in [-0.05, 0) is 44.9 Å². The number of hydrogen-bond donors (Lipinski definition) is 4. The molecule has 0 aliphatic heterocycles. The summed E-state index contributed by atoms with van der Waals surface area (Å²) in [5, 5.41) is 33.3. The van der Waals surface area contributed by atoms with Gasteiger partial charge in [-0.1, -0.05) is 288 Å². The molecular formula is C57H109NO4. The van der Waals surface area contributed by atoms with E-state index in [0.29, 0.717) is 6.42 Å². The Balaban J connectivity index is 3.62. The summed E-state index contributed by atoms with van der Waals surface area (Å²) in [6.07, 6.45) is 67.9. The number of aliphatic hydroxyl groups excluding tert-OH is 3. The van der Waals surface area contributed by atoms with E-state index < -0.39 is 24.2 Å². The highest BCUT2D eigenvalue weighted by atomic mass is 16.3. The van der Waals surface area contributed by atoms with Crippen molar-refractivity contribution in [3.63, 3.8) is 0 Å². The molecule has 0 aliphatic carbocycles. The van der Waals surface area contributed by atoms with Crippen LogP contribution in [0.4, 0.5) is 0 Å². The monoisotopic (exact) mass is 872 g/mol. The normalized spacial score (nSPS) is 13.6. The molecule has 0 aromatic heterocycles. The molecule has 5 nitrogen and oxygen atoms in total. The fourth-order valence-corrected chi connectivity index (χ4v) is 8.63. The Hall–Kier alpha value is -1.43. The number of aliphatic hydroxyl groups is 3. The standard InChI is InChI=1S/C57H109NO4/c1-3-5-7-9-11-13-15-17-19-21-23-25-27-29-31-33-35-37-39-41-43-45-47-49-51-55(60)54(53-59)58-57(62)56(61)52-50-48-46-44-42-40-38-36-34-32-30-28-26-24-22-20-18-16-14-12-10-8-6-4-2/h33,35,41,43,49,51,54-56,59-61H,3-32,34,36-40,42,44-48,50,52-53H2,1-2H3,(H,58,62)/b35-33+,43-41+,51-49+. The number of amides is 1. The second-order valence-corrected chi connectivity index (χ2v) is 19.1. The minimum Gasteiger partial charge on any atom is -0.394 e. The Labute approximate surface area is 387 Å². The molecule has 62 heavy (non-hydrogen) atoms. The van der Waals surface area contributed by atoms with Gasteiger partial charge in [-0.25, -0.2) is 0 Å². The van der Waals surface area contributed by atoms with Gasteiger partial charge in [0.05, 0.1) is 18.8 Å². The number of unbranched alkanes of at least 4 members (excludes halogenated alkanes) is 39. The quantitative estimate of drug-likeness (QED) is 0.0362. The molecule has 3 unspecified atom stereocenters. The Bertz CT molecular complexity index is 962. The lowest BCUT2D eigenvalue weighted by molar-refractivity contribution is -0.131. The second kappa shape index (κ2) is 52.2. The third-order valence-corrected chi connectivity index (χ3v) is 13.0. The molecule has 0 radical (unpaired) electrons. The van der Waals surface area contributed by atoms with Gasteiger partial charge < -0.3 is 20.6 Å². The molecule has 1 amide bonds. The Morgan fingerprint density at radius 3 is 0.984 bits per heavy atom. The van der Waals surface area contributed by atoms with E-state index in [1.54, 1.807) is 6.08 Å². The highest BCUT2D eigenvalue weighted by molar-refractivity contribution is 5.80. The number of carbonyl (C=O) groups excluding carboxylic acids is 1. The first-order chi connectivity index (χ1) is 30.6. The number of carbonyl (C=O) groups is 1. The van der Waals surface area contributed by atoms with Crippen molar-refractivity contribution < 1.29 is 20.1 Å². The third-order valence-electron chi connectivity index (χ3n) is 13.0. The van der Waals surface area contributed by atoms with Gasteiger partial charge in [-0.3, -0.25) is 4.79 Å². The van der Waals surface area contributed by atoms with E-state index in [0.717, 1.165) is 44.9 Å². The molecule has 4 N–H and O–H groups in total. The number of hydrogen-bond acceptors (Lipinski definition) is 4. The molecule has 0 aromatic carbocycles. The van der Waals surface area contributed by atoms with Crippen LogP contribution in [-0.2, 0) is 4.79 Å². The molecule has 3 atom stereocenters. The van der Waals surface area contributed by atoms with Crippen molar-refractivity contribution in [2.24, 2.45) is 0 Å². The van der Waals surface area contributed by atoms with E-state index in [4.69, 9.17) is 0 Å². The zero-order valence-electron chi connectivity index (χ0n) is 41.8.